The molecule has 1 unspecified atom stereocenters. The van der Waals surface area contributed by atoms with Gasteiger partial charge in [0.05, 0.1) is 6.42 Å². The highest BCUT2D eigenvalue weighted by Gasteiger charge is 2.26. The van der Waals surface area contributed by atoms with Crippen LogP contribution in [0.1, 0.15) is 32.1 Å². The molecule has 0 aliphatic carbocycles. The third-order valence-corrected chi connectivity index (χ3v) is 3.03. The average Bonchev–Trinajstić information content (AvgIpc) is 2.66. The van der Waals surface area contributed by atoms with Crippen LogP contribution in [0.5, 0.6) is 0 Å². The second-order valence-electron chi connectivity index (χ2n) is 4.60. The molecule has 2 nitrogen and oxygen atoms in total. The van der Waals surface area contributed by atoms with Crippen molar-refractivity contribution in [3.05, 3.63) is 0 Å². The van der Waals surface area contributed by atoms with Gasteiger partial charge in [-0.25, -0.2) is 0 Å². The molecule has 0 aromatic carbocycles. The summed E-state index contributed by atoms with van der Waals surface area (Å²) >= 11 is 0. The van der Waals surface area contributed by atoms with Gasteiger partial charge in [0.25, 0.3) is 0 Å². The summed E-state index contributed by atoms with van der Waals surface area (Å²) in [6, 6.07) is 0.594. The van der Waals surface area contributed by atoms with Gasteiger partial charge in [0.2, 0.25) is 0 Å². The highest BCUT2D eigenvalue weighted by molar-refractivity contribution is 4.74. The molecular weight excluding hydrogens is 217 g/mol. The largest absolute Gasteiger partial charge is 0.390 e. The Morgan fingerprint density at radius 2 is 2.06 bits per heavy atom. The van der Waals surface area contributed by atoms with Gasteiger partial charge in [-0.1, -0.05) is 0 Å². The summed E-state index contributed by atoms with van der Waals surface area (Å²) in [4.78, 5) is 1.77. The monoisotopic (exact) mass is 238 g/mol. The van der Waals surface area contributed by atoms with Gasteiger partial charge in [0.15, 0.2) is 0 Å². The third kappa shape index (κ3) is 6.33. The fourth-order valence-corrected chi connectivity index (χ4v) is 2.04. The van der Waals surface area contributed by atoms with Gasteiger partial charge >= 0.3 is 6.18 Å². The maximum atomic E-state index is 11.9. The second-order valence-corrected chi connectivity index (χ2v) is 4.60. The number of hydrogen-bond acceptors (Lipinski definition) is 2. The van der Waals surface area contributed by atoms with Crippen molar-refractivity contribution in [1.29, 1.82) is 0 Å². The Labute approximate surface area is 95.2 Å². The van der Waals surface area contributed by atoms with E-state index in [0.29, 0.717) is 6.04 Å². The zero-order valence-corrected chi connectivity index (χ0v) is 9.82. The Morgan fingerprint density at radius 3 is 2.62 bits per heavy atom. The molecule has 1 atom stereocenters. The van der Waals surface area contributed by atoms with Crippen LogP contribution in [-0.4, -0.2) is 43.8 Å². The zero-order chi connectivity index (χ0) is 12.0. The molecule has 0 aromatic rings. The first-order chi connectivity index (χ1) is 7.47. The molecule has 5 heteroatoms. The molecule has 1 fully saturated rings. The Hall–Kier alpha value is -0.290. The maximum Gasteiger partial charge on any atom is 0.390 e. The summed E-state index contributed by atoms with van der Waals surface area (Å²) in [5.41, 5.74) is 0. The average molecular weight is 238 g/mol. The van der Waals surface area contributed by atoms with Crippen LogP contribution in [0.15, 0.2) is 0 Å². The zero-order valence-electron chi connectivity index (χ0n) is 9.82. The number of halogens is 3. The fraction of sp³-hybridized carbons (Fsp3) is 1.00. The quantitative estimate of drug-likeness (QED) is 0.764. The van der Waals surface area contributed by atoms with E-state index in [1.54, 1.807) is 11.9 Å². The first kappa shape index (κ1) is 13.8. The van der Waals surface area contributed by atoms with Crippen LogP contribution >= 0.6 is 0 Å². The summed E-state index contributed by atoms with van der Waals surface area (Å²) in [6.45, 7) is 1.96. The SMILES string of the molecule is CN(CCCC1CCCN1)CCC(F)(F)F. The minimum Gasteiger partial charge on any atom is -0.314 e. The van der Waals surface area contributed by atoms with E-state index in [2.05, 4.69) is 5.32 Å². The summed E-state index contributed by atoms with van der Waals surface area (Å²) < 4.78 is 35.8. The number of nitrogens with zero attached hydrogens (tertiary/aromatic N) is 1. The Kier molecular flexibility index (Phi) is 5.55. The van der Waals surface area contributed by atoms with Crippen molar-refractivity contribution in [2.24, 2.45) is 0 Å². The van der Waals surface area contributed by atoms with Gasteiger partial charge in [-0.15, -0.1) is 0 Å². The highest BCUT2D eigenvalue weighted by Crippen LogP contribution is 2.19. The van der Waals surface area contributed by atoms with Gasteiger partial charge in [0.1, 0.15) is 0 Å². The molecule has 1 rings (SSSR count). The molecule has 0 bridgehead atoms. The lowest BCUT2D eigenvalue weighted by Crippen LogP contribution is -2.27. The number of rotatable bonds is 6. The molecule has 1 N–H and O–H groups in total. The minimum atomic E-state index is -4.03. The summed E-state index contributed by atoms with van der Waals surface area (Å²) in [5.74, 6) is 0. The first-order valence-corrected chi connectivity index (χ1v) is 5.96. The Morgan fingerprint density at radius 1 is 1.31 bits per heavy atom. The fourth-order valence-electron chi connectivity index (χ4n) is 2.04. The molecule has 0 aromatic heterocycles. The molecule has 16 heavy (non-hydrogen) atoms. The molecule has 1 aliphatic heterocycles. The van der Waals surface area contributed by atoms with E-state index in [9.17, 15) is 13.2 Å². The van der Waals surface area contributed by atoms with Crippen LogP contribution < -0.4 is 5.32 Å². The molecule has 0 spiro atoms. The summed E-state index contributed by atoms with van der Waals surface area (Å²) in [5, 5.41) is 3.39. The van der Waals surface area contributed by atoms with Gasteiger partial charge in [0, 0.05) is 12.6 Å². The molecule has 1 heterocycles. The van der Waals surface area contributed by atoms with Gasteiger partial charge in [-0.2, -0.15) is 13.2 Å². The smallest absolute Gasteiger partial charge is 0.314 e. The molecular formula is C11H21F3N2. The van der Waals surface area contributed by atoms with Crippen molar-refractivity contribution < 1.29 is 13.2 Å². The van der Waals surface area contributed by atoms with Crippen LogP contribution in [0, 0.1) is 0 Å². The molecule has 0 amide bonds. The predicted octanol–water partition coefficient (Wildman–Crippen LogP) is 2.40. The van der Waals surface area contributed by atoms with Crippen molar-refractivity contribution in [2.45, 2.75) is 44.3 Å². The Balaban J connectivity index is 1.99. The van der Waals surface area contributed by atoms with E-state index < -0.39 is 12.6 Å². The lowest BCUT2D eigenvalue weighted by molar-refractivity contribution is -0.137. The van der Waals surface area contributed by atoms with E-state index in [1.807, 2.05) is 0 Å². The maximum absolute atomic E-state index is 11.9. The molecule has 1 saturated heterocycles. The second kappa shape index (κ2) is 6.45. The molecule has 0 saturated carbocycles. The molecule has 96 valence electrons. The van der Waals surface area contributed by atoms with Crippen molar-refractivity contribution in [3.63, 3.8) is 0 Å². The summed E-state index contributed by atoms with van der Waals surface area (Å²) in [7, 11) is 1.76. The number of hydrogen-bond donors (Lipinski definition) is 1. The van der Waals surface area contributed by atoms with E-state index in [1.165, 1.54) is 12.8 Å². The van der Waals surface area contributed by atoms with Crippen LogP contribution in [0.3, 0.4) is 0 Å². The van der Waals surface area contributed by atoms with E-state index in [-0.39, 0.29) is 6.54 Å². The third-order valence-electron chi connectivity index (χ3n) is 3.03. The predicted molar refractivity (Wildman–Crippen MR) is 58.4 cm³/mol. The van der Waals surface area contributed by atoms with Crippen LogP contribution in [0.2, 0.25) is 0 Å². The number of alkyl halides is 3. The first-order valence-electron chi connectivity index (χ1n) is 5.96. The molecule has 1 aliphatic rings. The highest BCUT2D eigenvalue weighted by atomic mass is 19.4. The van der Waals surface area contributed by atoms with E-state index in [4.69, 9.17) is 0 Å². The minimum absolute atomic E-state index is 0.113. The van der Waals surface area contributed by atoms with Gasteiger partial charge < -0.3 is 10.2 Å². The Bertz CT molecular complexity index is 188. The van der Waals surface area contributed by atoms with E-state index in [0.717, 1.165) is 25.9 Å². The lowest BCUT2D eigenvalue weighted by atomic mass is 10.1. The van der Waals surface area contributed by atoms with Crippen molar-refractivity contribution in [3.8, 4) is 0 Å². The van der Waals surface area contributed by atoms with Crippen molar-refractivity contribution in [1.82, 2.24) is 10.2 Å². The van der Waals surface area contributed by atoms with Gasteiger partial charge in [-0.05, 0) is 45.8 Å². The standard InChI is InChI=1S/C11H21F3N2/c1-16(9-6-11(12,13)14)8-3-5-10-4-2-7-15-10/h10,15H,2-9H2,1H3. The number of nitrogens with one attached hydrogen (secondary N) is 1. The summed E-state index contributed by atoms with van der Waals surface area (Å²) in [6.07, 6.45) is -0.227. The lowest BCUT2D eigenvalue weighted by Gasteiger charge is -2.18. The molecule has 0 radical (unpaired) electrons. The van der Waals surface area contributed by atoms with Crippen molar-refractivity contribution in [2.75, 3.05) is 26.7 Å². The van der Waals surface area contributed by atoms with E-state index >= 15 is 0 Å². The normalized spacial score (nSPS) is 21.9. The van der Waals surface area contributed by atoms with Gasteiger partial charge in [-0.3, -0.25) is 0 Å². The van der Waals surface area contributed by atoms with Crippen molar-refractivity contribution >= 4 is 0 Å². The van der Waals surface area contributed by atoms with Crippen LogP contribution in [0.25, 0.3) is 0 Å². The van der Waals surface area contributed by atoms with Crippen LogP contribution in [0.4, 0.5) is 13.2 Å². The topological polar surface area (TPSA) is 15.3 Å². The van der Waals surface area contributed by atoms with Crippen LogP contribution in [-0.2, 0) is 0 Å².